The number of nitrogens with zero attached hydrogens (tertiary/aromatic N) is 2. The van der Waals surface area contributed by atoms with Gasteiger partial charge in [-0.2, -0.15) is 5.10 Å². The number of halogens is 1. The van der Waals surface area contributed by atoms with E-state index in [4.69, 9.17) is 0 Å². The zero-order valence-electron chi connectivity index (χ0n) is 16.0. The summed E-state index contributed by atoms with van der Waals surface area (Å²) in [6.07, 6.45) is 2.16. The van der Waals surface area contributed by atoms with Gasteiger partial charge in [0.1, 0.15) is 11.5 Å². The normalized spacial score (nSPS) is 13.5. The molecule has 1 amide bonds. The van der Waals surface area contributed by atoms with Crippen LogP contribution < -0.4 is 5.32 Å². The predicted molar refractivity (Wildman–Crippen MR) is 112 cm³/mol. The highest BCUT2D eigenvalue weighted by Gasteiger charge is 2.27. The number of hydrogen-bond acceptors (Lipinski definition) is 3. The zero-order chi connectivity index (χ0) is 20.0. The first kappa shape index (κ1) is 18.7. The van der Waals surface area contributed by atoms with Gasteiger partial charge in [0.25, 0.3) is 5.91 Å². The van der Waals surface area contributed by atoms with Gasteiger partial charge in [0.15, 0.2) is 5.78 Å². The highest BCUT2D eigenvalue weighted by atomic mass is 79.9. The summed E-state index contributed by atoms with van der Waals surface area (Å²) in [6.45, 7) is 3.75. The van der Waals surface area contributed by atoms with E-state index in [1.54, 1.807) is 11.7 Å². The SMILES string of the molecule is Cc1nn(C)c(NC(=O)c2[nH]c3c(c2C)C(=O)CCC3)c1-c1ccc(Br)cc1. The molecule has 6 nitrogen and oxygen atoms in total. The van der Waals surface area contributed by atoms with Crippen LogP contribution in [0.1, 0.15) is 50.6 Å². The third-order valence-corrected chi connectivity index (χ3v) is 5.78. The minimum Gasteiger partial charge on any atom is -0.354 e. The largest absolute Gasteiger partial charge is 0.354 e. The number of rotatable bonds is 3. The molecule has 0 fully saturated rings. The zero-order valence-corrected chi connectivity index (χ0v) is 17.6. The van der Waals surface area contributed by atoms with E-state index in [0.29, 0.717) is 23.5 Å². The van der Waals surface area contributed by atoms with Crippen molar-refractivity contribution >= 4 is 33.4 Å². The van der Waals surface area contributed by atoms with Crippen LogP contribution in [0.5, 0.6) is 0 Å². The fourth-order valence-corrected chi connectivity index (χ4v) is 4.20. The highest BCUT2D eigenvalue weighted by molar-refractivity contribution is 9.10. The number of Topliss-reactive ketones (excluding diaryl/α,β-unsaturated/α-hetero) is 1. The molecule has 3 aromatic rings. The number of fused-ring (bicyclic) bond motifs is 1. The lowest BCUT2D eigenvalue weighted by Gasteiger charge is -2.10. The Morgan fingerprint density at radius 2 is 1.89 bits per heavy atom. The van der Waals surface area contributed by atoms with Crippen molar-refractivity contribution in [2.45, 2.75) is 33.1 Å². The van der Waals surface area contributed by atoms with Gasteiger partial charge in [-0.1, -0.05) is 28.1 Å². The number of hydrogen-bond donors (Lipinski definition) is 2. The lowest BCUT2D eigenvalue weighted by Crippen LogP contribution is -2.17. The Morgan fingerprint density at radius 1 is 1.18 bits per heavy atom. The summed E-state index contributed by atoms with van der Waals surface area (Å²) < 4.78 is 2.66. The minimum atomic E-state index is -0.263. The van der Waals surface area contributed by atoms with Crippen LogP contribution >= 0.6 is 15.9 Å². The van der Waals surface area contributed by atoms with E-state index in [0.717, 1.165) is 45.4 Å². The minimum absolute atomic E-state index is 0.112. The van der Waals surface area contributed by atoms with E-state index in [1.165, 1.54) is 0 Å². The van der Waals surface area contributed by atoms with Crippen molar-refractivity contribution in [3.63, 3.8) is 0 Å². The van der Waals surface area contributed by atoms with E-state index >= 15 is 0 Å². The number of aromatic amines is 1. The molecule has 1 aliphatic carbocycles. The van der Waals surface area contributed by atoms with Gasteiger partial charge in [-0.25, -0.2) is 0 Å². The summed E-state index contributed by atoms with van der Waals surface area (Å²) in [5.74, 6) is 0.477. The molecule has 0 saturated heterocycles. The first-order valence-corrected chi connectivity index (χ1v) is 10.0. The average Bonchev–Trinajstić information content (AvgIpc) is 3.13. The summed E-state index contributed by atoms with van der Waals surface area (Å²) in [6, 6.07) is 7.90. The predicted octanol–water partition coefficient (Wildman–Crippen LogP) is 4.57. The van der Waals surface area contributed by atoms with Gasteiger partial charge in [0.2, 0.25) is 0 Å². The number of carbonyl (C=O) groups excluding carboxylic acids is 2. The molecule has 0 spiro atoms. The van der Waals surface area contributed by atoms with Crippen molar-refractivity contribution < 1.29 is 9.59 Å². The Balaban J connectivity index is 1.72. The second-order valence-corrected chi connectivity index (χ2v) is 8.06. The molecule has 7 heteroatoms. The van der Waals surface area contributed by atoms with Crippen LogP contribution in [0.25, 0.3) is 11.1 Å². The molecule has 0 bridgehead atoms. The van der Waals surface area contributed by atoms with Gasteiger partial charge < -0.3 is 10.3 Å². The van der Waals surface area contributed by atoms with Crippen LogP contribution in [-0.2, 0) is 13.5 Å². The van der Waals surface area contributed by atoms with Gasteiger partial charge in [-0.15, -0.1) is 0 Å². The molecule has 4 rings (SSSR count). The lowest BCUT2D eigenvalue weighted by molar-refractivity contribution is 0.0971. The van der Waals surface area contributed by atoms with E-state index in [-0.39, 0.29) is 11.7 Å². The van der Waals surface area contributed by atoms with Crippen molar-refractivity contribution in [1.82, 2.24) is 14.8 Å². The number of amides is 1. The molecule has 144 valence electrons. The number of benzene rings is 1. The summed E-state index contributed by atoms with van der Waals surface area (Å²) in [4.78, 5) is 28.5. The molecule has 0 atom stereocenters. The molecule has 0 unspecified atom stereocenters. The Hall–Kier alpha value is -2.67. The number of aromatic nitrogens is 3. The van der Waals surface area contributed by atoms with E-state index in [1.807, 2.05) is 38.1 Å². The first-order chi connectivity index (χ1) is 13.4. The van der Waals surface area contributed by atoms with Crippen LogP contribution in [-0.4, -0.2) is 26.5 Å². The molecule has 1 aromatic carbocycles. The lowest BCUT2D eigenvalue weighted by atomic mass is 9.94. The molecule has 0 aliphatic heterocycles. The van der Waals surface area contributed by atoms with Gasteiger partial charge in [-0.3, -0.25) is 14.3 Å². The highest BCUT2D eigenvalue weighted by Crippen LogP contribution is 2.33. The van der Waals surface area contributed by atoms with Gasteiger partial charge >= 0.3 is 0 Å². The van der Waals surface area contributed by atoms with Crippen LogP contribution in [0.3, 0.4) is 0 Å². The summed E-state index contributed by atoms with van der Waals surface area (Å²) in [5.41, 5.74) is 5.41. The van der Waals surface area contributed by atoms with Gasteiger partial charge in [0, 0.05) is 34.8 Å². The molecule has 28 heavy (non-hydrogen) atoms. The fraction of sp³-hybridized carbons (Fsp3) is 0.286. The van der Waals surface area contributed by atoms with Crippen LogP contribution in [0.4, 0.5) is 5.82 Å². The molecular weight excluding hydrogens is 420 g/mol. The molecule has 1 aliphatic rings. The third-order valence-electron chi connectivity index (χ3n) is 5.25. The Bertz CT molecular complexity index is 1090. The van der Waals surface area contributed by atoms with Crippen LogP contribution in [0.2, 0.25) is 0 Å². The Labute approximate surface area is 171 Å². The first-order valence-electron chi connectivity index (χ1n) is 9.22. The van der Waals surface area contributed by atoms with Gasteiger partial charge in [0.05, 0.1) is 5.69 Å². The number of ketones is 1. The quantitative estimate of drug-likeness (QED) is 0.625. The second kappa shape index (κ2) is 7.05. The molecule has 0 radical (unpaired) electrons. The third kappa shape index (κ3) is 3.09. The monoisotopic (exact) mass is 440 g/mol. The number of anilines is 1. The number of aryl methyl sites for hydroxylation is 3. The molecule has 2 heterocycles. The van der Waals surface area contributed by atoms with Crippen LogP contribution in [0, 0.1) is 13.8 Å². The van der Waals surface area contributed by atoms with Crippen molar-refractivity contribution in [3.05, 3.63) is 56.9 Å². The standard InChI is InChI=1S/C21H21BrN4O2/c1-11-17-15(5-4-6-16(17)27)23-19(11)21(28)24-20-18(12(2)25-26(20)3)13-7-9-14(22)10-8-13/h7-10,23H,4-6H2,1-3H3,(H,24,28). The second-order valence-electron chi connectivity index (χ2n) is 7.15. The maximum absolute atomic E-state index is 13.1. The van der Waals surface area contributed by atoms with Crippen LogP contribution in [0.15, 0.2) is 28.7 Å². The molecule has 2 N–H and O–H groups in total. The van der Waals surface area contributed by atoms with Crippen molar-refractivity contribution in [1.29, 1.82) is 0 Å². The Kier molecular flexibility index (Phi) is 4.71. The van der Waals surface area contributed by atoms with Crippen molar-refractivity contribution in [3.8, 4) is 11.1 Å². The molecular formula is C21H21BrN4O2. The molecule has 0 saturated carbocycles. The topological polar surface area (TPSA) is 79.8 Å². The number of H-pyrrole nitrogens is 1. The van der Waals surface area contributed by atoms with Gasteiger partial charge in [-0.05, 0) is 49.9 Å². The maximum atomic E-state index is 13.1. The maximum Gasteiger partial charge on any atom is 0.273 e. The van der Waals surface area contributed by atoms with Crippen molar-refractivity contribution in [2.24, 2.45) is 7.05 Å². The van der Waals surface area contributed by atoms with E-state index in [2.05, 4.69) is 31.3 Å². The summed E-state index contributed by atoms with van der Waals surface area (Å²) >= 11 is 3.45. The smallest absolute Gasteiger partial charge is 0.273 e. The summed E-state index contributed by atoms with van der Waals surface area (Å²) in [5, 5.41) is 7.48. The fourth-order valence-electron chi connectivity index (χ4n) is 3.93. The van der Waals surface area contributed by atoms with E-state index in [9.17, 15) is 9.59 Å². The van der Waals surface area contributed by atoms with E-state index < -0.39 is 0 Å². The molecule has 2 aromatic heterocycles. The van der Waals surface area contributed by atoms with Crippen molar-refractivity contribution in [2.75, 3.05) is 5.32 Å². The Morgan fingerprint density at radius 3 is 2.57 bits per heavy atom. The number of carbonyl (C=O) groups is 2. The average molecular weight is 441 g/mol. The summed E-state index contributed by atoms with van der Waals surface area (Å²) in [7, 11) is 1.81. The number of nitrogens with one attached hydrogen (secondary N) is 2.